The van der Waals surface area contributed by atoms with E-state index in [1.54, 1.807) is 18.2 Å². The van der Waals surface area contributed by atoms with Crippen LogP contribution in [0.3, 0.4) is 0 Å². The first-order valence-corrected chi connectivity index (χ1v) is 7.36. The van der Waals surface area contributed by atoms with E-state index in [4.69, 9.17) is 14.0 Å². The van der Waals surface area contributed by atoms with E-state index in [9.17, 15) is 13.9 Å². The molecule has 0 fully saturated rings. The topological polar surface area (TPSA) is 64.7 Å². The maximum Gasteiger partial charge on any atom is 0.176 e. The molecule has 3 aromatic rings. The highest BCUT2D eigenvalue weighted by Gasteiger charge is 2.23. The first kappa shape index (κ1) is 16.9. The van der Waals surface area contributed by atoms with Gasteiger partial charge in [0.15, 0.2) is 28.9 Å². The Hall–Kier alpha value is -2.93. The van der Waals surface area contributed by atoms with Crippen molar-refractivity contribution in [2.24, 2.45) is 0 Å². The molecule has 1 N–H and O–H groups in total. The summed E-state index contributed by atoms with van der Waals surface area (Å²) in [5.41, 5.74) is 1.37. The summed E-state index contributed by atoms with van der Waals surface area (Å²) in [6, 6.07) is 8.52. The lowest BCUT2D eigenvalue weighted by Gasteiger charge is -2.11. The van der Waals surface area contributed by atoms with Gasteiger partial charge in [-0.3, -0.25) is 0 Å². The fraction of sp³-hybridized carbons (Fsp3) is 0.167. The third-order valence-corrected chi connectivity index (χ3v) is 3.79. The van der Waals surface area contributed by atoms with Crippen molar-refractivity contribution in [1.29, 1.82) is 0 Å². The van der Waals surface area contributed by atoms with E-state index in [0.717, 1.165) is 12.1 Å². The number of halogens is 2. The molecule has 0 unspecified atom stereocenters. The minimum Gasteiger partial charge on any atom is -0.493 e. The molecule has 0 radical (unpaired) electrons. The Kier molecular flexibility index (Phi) is 4.67. The number of para-hydroxylation sites is 1. The lowest BCUT2D eigenvalue weighted by Crippen LogP contribution is -1.95. The van der Waals surface area contributed by atoms with Gasteiger partial charge in [-0.1, -0.05) is 11.2 Å². The smallest absolute Gasteiger partial charge is 0.176 e. The Morgan fingerprint density at radius 1 is 1.08 bits per heavy atom. The third kappa shape index (κ3) is 2.94. The van der Waals surface area contributed by atoms with E-state index in [1.807, 2.05) is 0 Å². The molecule has 5 nitrogen and oxygen atoms in total. The van der Waals surface area contributed by atoms with E-state index in [2.05, 4.69) is 5.16 Å². The average molecular weight is 347 g/mol. The molecule has 3 rings (SSSR count). The SMILES string of the molecule is COc1cccc(-c2onc(-c3ccc(F)c(F)c3)c2CO)c1OC. The van der Waals surface area contributed by atoms with Crippen LogP contribution in [0.1, 0.15) is 5.56 Å². The molecule has 0 amide bonds. The summed E-state index contributed by atoms with van der Waals surface area (Å²) in [5.74, 6) is -0.822. The van der Waals surface area contributed by atoms with Crippen LogP contribution in [0.15, 0.2) is 40.9 Å². The molecule has 0 spiro atoms. The highest BCUT2D eigenvalue weighted by Crippen LogP contribution is 2.41. The van der Waals surface area contributed by atoms with Gasteiger partial charge in [0.2, 0.25) is 0 Å². The Morgan fingerprint density at radius 3 is 2.52 bits per heavy atom. The van der Waals surface area contributed by atoms with Gasteiger partial charge < -0.3 is 19.1 Å². The van der Waals surface area contributed by atoms with E-state index in [1.165, 1.54) is 20.3 Å². The van der Waals surface area contributed by atoms with Gasteiger partial charge in [-0.15, -0.1) is 0 Å². The van der Waals surface area contributed by atoms with Crippen molar-refractivity contribution in [3.63, 3.8) is 0 Å². The van der Waals surface area contributed by atoms with Crippen molar-refractivity contribution in [2.75, 3.05) is 14.2 Å². The van der Waals surface area contributed by atoms with Gasteiger partial charge >= 0.3 is 0 Å². The standard InChI is InChI=1S/C18H15F2NO4/c1-23-15-5-3-4-11(18(15)24-2)17-12(9-22)16(21-25-17)10-6-7-13(19)14(20)8-10/h3-8,22H,9H2,1-2H3. The zero-order valence-electron chi connectivity index (χ0n) is 13.5. The van der Waals surface area contributed by atoms with Crippen LogP contribution in [0.25, 0.3) is 22.6 Å². The number of benzene rings is 2. The maximum atomic E-state index is 13.5. The van der Waals surface area contributed by atoms with E-state index in [0.29, 0.717) is 28.2 Å². The van der Waals surface area contributed by atoms with Gasteiger partial charge in [0.1, 0.15) is 5.69 Å². The van der Waals surface area contributed by atoms with Gasteiger partial charge in [-0.25, -0.2) is 8.78 Å². The minimum absolute atomic E-state index is 0.223. The van der Waals surface area contributed by atoms with Crippen molar-refractivity contribution in [3.8, 4) is 34.1 Å². The molecular weight excluding hydrogens is 332 g/mol. The molecule has 130 valence electrons. The molecule has 0 aliphatic carbocycles. The number of methoxy groups -OCH3 is 2. The van der Waals surface area contributed by atoms with Gasteiger partial charge in [-0.2, -0.15) is 0 Å². The van der Waals surface area contributed by atoms with Gasteiger partial charge in [0.05, 0.1) is 32.0 Å². The molecule has 0 saturated heterocycles. The fourth-order valence-electron chi connectivity index (χ4n) is 2.60. The highest BCUT2D eigenvalue weighted by molar-refractivity contribution is 5.77. The average Bonchev–Trinajstić information content (AvgIpc) is 3.06. The largest absolute Gasteiger partial charge is 0.493 e. The van der Waals surface area contributed by atoms with Crippen molar-refractivity contribution in [1.82, 2.24) is 5.16 Å². The van der Waals surface area contributed by atoms with Crippen LogP contribution in [0.4, 0.5) is 8.78 Å². The number of ether oxygens (including phenoxy) is 2. The van der Waals surface area contributed by atoms with Crippen molar-refractivity contribution < 1.29 is 27.9 Å². The van der Waals surface area contributed by atoms with E-state index >= 15 is 0 Å². The highest BCUT2D eigenvalue weighted by atomic mass is 19.2. The van der Waals surface area contributed by atoms with Crippen molar-refractivity contribution in [3.05, 3.63) is 53.6 Å². The van der Waals surface area contributed by atoms with Crippen LogP contribution in [0, 0.1) is 11.6 Å². The van der Waals surface area contributed by atoms with Crippen LogP contribution in [0.2, 0.25) is 0 Å². The van der Waals surface area contributed by atoms with Crippen LogP contribution < -0.4 is 9.47 Å². The molecule has 0 bridgehead atoms. The summed E-state index contributed by atoms with van der Waals surface area (Å²) in [5, 5.41) is 13.7. The number of hydrogen-bond donors (Lipinski definition) is 1. The third-order valence-electron chi connectivity index (χ3n) is 3.79. The molecule has 0 saturated carbocycles. The van der Waals surface area contributed by atoms with Gasteiger partial charge in [0, 0.05) is 5.56 Å². The van der Waals surface area contributed by atoms with Crippen molar-refractivity contribution in [2.45, 2.75) is 6.61 Å². The summed E-state index contributed by atoms with van der Waals surface area (Å²) in [7, 11) is 2.98. The van der Waals surface area contributed by atoms with Crippen LogP contribution in [-0.4, -0.2) is 24.5 Å². The summed E-state index contributed by atoms with van der Waals surface area (Å²) < 4.78 is 42.7. The molecule has 0 atom stereocenters. The molecule has 7 heteroatoms. The minimum atomic E-state index is -1.01. The zero-order valence-corrected chi connectivity index (χ0v) is 13.5. The summed E-state index contributed by atoms with van der Waals surface area (Å²) in [6.07, 6.45) is 0. The molecule has 0 aliphatic heterocycles. The van der Waals surface area contributed by atoms with Gasteiger partial charge in [0.25, 0.3) is 0 Å². The van der Waals surface area contributed by atoms with Crippen LogP contribution >= 0.6 is 0 Å². The van der Waals surface area contributed by atoms with Gasteiger partial charge in [-0.05, 0) is 30.3 Å². The molecule has 25 heavy (non-hydrogen) atoms. The summed E-state index contributed by atoms with van der Waals surface area (Å²) in [4.78, 5) is 0. The quantitative estimate of drug-likeness (QED) is 0.761. The molecule has 2 aromatic carbocycles. The second-order valence-electron chi connectivity index (χ2n) is 5.17. The van der Waals surface area contributed by atoms with Crippen molar-refractivity contribution >= 4 is 0 Å². The van der Waals surface area contributed by atoms with Crippen LogP contribution in [0.5, 0.6) is 11.5 Å². The first-order valence-electron chi connectivity index (χ1n) is 7.36. The number of hydrogen-bond acceptors (Lipinski definition) is 5. The normalized spacial score (nSPS) is 10.8. The van der Waals surface area contributed by atoms with E-state index < -0.39 is 18.2 Å². The molecule has 1 aromatic heterocycles. The monoisotopic (exact) mass is 347 g/mol. The second-order valence-corrected chi connectivity index (χ2v) is 5.17. The van der Waals surface area contributed by atoms with E-state index in [-0.39, 0.29) is 11.5 Å². The second kappa shape index (κ2) is 6.90. The van der Waals surface area contributed by atoms with Crippen LogP contribution in [-0.2, 0) is 6.61 Å². The predicted octanol–water partition coefficient (Wildman–Crippen LogP) is 3.80. The Bertz CT molecular complexity index is 908. The first-order chi connectivity index (χ1) is 12.1. The number of rotatable bonds is 5. The molecular formula is C18H15F2NO4. The summed E-state index contributed by atoms with van der Waals surface area (Å²) >= 11 is 0. The Morgan fingerprint density at radius 2 is 1.88 bits per heavy atom. The number of aliphatic hydroxyl groups excluding tert-OH is 1. The lowest BCUT2D eigenvalue weighted by molar-refractivity contribution is 0.281. The number of aliphatic hydroxyl groups is 1. The fourth-order valence-corrected chi connectivity index (χ4v) is 2.60. The molecule has 1 heterocycles. The maximum absolute atomic E-state index is 13.5. The Labute approximate surface area is 142 Å². The molecule has 0 aliphatic rings. The number of aromatic nitrogens is 1. The number of nitrogens with zero attached hydrogens (tertiary/aromatic N) is 1. The zero-order chi connectivity index (χ0) is 18.0. The Balaban J connectivity index is 2.17. The lowest BCUT2D eigenvalue weighted by atomic mass is 10.0. The summed E-state index contributed by atoms with van der Waals surface area (Å²) in [6.45, 7) is -0.409. The predicted molar refractivity (Wildman–Crippen MR) is 86.3 cm³/mol.